The Hall–Kier alpha value is -2.07. The van der Waals surface area contributed by atoms with Crippen molar-refractivity contribution < 1.29 is 12.9 Å². The van der Waals surface area contributed by atoms with E-state index in [1.807, 2.05) is 50.2 Å². The first kappa shape index (κ1) is 21.2. The molecule has 30 heavy (non-hydrogen) atoms. The van der Waals surface area contributed by atoms with Gasteiger partial charge in [0.2, 0.25) is 21.7 Å². The molecular weight excluding hydrogens is 468 g/mol. The second kappa shape index (κ2) is 8.58. The maximum Gasteiger partial charge on any atom is 0.243 e. The minimum atomic E-state index is -3.50. The average molecular weight is 491 g/mol. The van der Waals surface area contributed by atoms with Gasteiger partial charge in [-0.1, -0.05) is 45.4 Å². The number of halogens is 1. The van der Waals surface area contributed by atoms with Gasteiger partial charge in [-0.25, -0.2) is 8.42 Å². The van der Waals surface area contributed by atoms with Crippen LogP contribution in [0.15, 0.2) is 56.4 Å². The van der Waals surface area contributed by atoms with E-state index in [9.17, 15) is 8.42 Å². The molecule has 2 heterocycles. The molecule has 1 aliphatic heterocycles. The van der Waals surface area contributed by atoms with Gasteiger partial charge in [-0.15, -0.1) is 0 Å². The minimum absolute atomic E-state index is 0.395. The molecule has 7 nitrogen and oxygen atoms in total. The van der Waals surface area contributed by atoms with Gasteiger partial charge in [0.15, 0.2) is 0 Å². The number of hydrogen-bond acceptors (Lipinski definition) is 6. The molecule has 158 valence electrons. The van der Waals surface area contributed by atoms with Crippen LogP contribution in [0.1, 0.15) is 17.0 Å². The van der Waals surface area contributed by atoms with Gasteiger partial charge >= 0.3 is 0 Å². The van der Waals surface area contributed by atoms with Crippen LogP contribution < -0.4 is 0 Å². The Balaban J connectivity index is 1.40. The predicted octanol–water partition coefficient (Wildman–Crippen LogP) is 3.62. The van der Waals surface area contributed by atoms with Crippen molar-refractivity contribution in [3.8, 4) is 11.4 Å². The standard InChI is InChI=1S/C21H23BrN4O3S/c1-15-6-7-16(2)19(12-15)30(27,28)26-10-8-25(9-11-26)14-20-23-21(24-29-20)17-4-3-5-18(22)13-17/h3-7,12-13H,8-11,14H2,1-2H3. The largest absolute Gasteiger partial charge is 0.338 e. The van der Waals surface area contributed by atoms with Crippen LogP contribution >= 0.6 is 15.9 Å². The van der Waals surface area contributed by atoms with Crippen LogP contribution in [0.5, 0.6) is 0 Å². The van der Waals surface area contributed by atoms with Crippen LogP contribution in [0.3, 0.4) is 0 Å². The highest BCUT2D eigenvalue weighted by Crippen LogP contribution is 2.24. The lowest BCUT2D eigenvalue weighted by Crippen LogP contribution is -2.48. The highest BCUT2D eigenvalue weighted by molar-refractivity contribution is 9.10. The van der Waals surface area contributed by atoms with Gasteiger partial charge in [0.25, 0.3) is 0 Å². The molecule has 2 aromatic carbocycles. The Bertz CT molecular complexity index is 1150. The molecule has 9 heteroatoms. The zero-order valence-corrected chi connectivity index (χ0v) is 19.3. The van der Waals surface area contributed by atoms with Crippen molar-refractivity contribution in [1.82, 2.24) is 19.3 Å². The summed E-state index contributed by atoms with van der Waals surface area (Å²) < 4.78 is 34.1. The summed E-state index contributed by atoms with van der Waals surface area (Å²) in [6.45, 7) is 6.32. The molecule has 0 saturated carbocycles. The van der Waals surface area contributed by atoms with Gasteiger partial charge in [0, 0.05) is 36.2 Å². The van der Waals surface area contributed by atoms with Crippen LogP contribution in [0.25, 0.3) is 11.4 Å². The molecule has 4 rings (SSSR count). The summed E-state index contributed by atoms with van der Waals surface area (Å²) in [6.07, 6.45) is 0. The maximum atomic E-state index is 13.1. The Morgan fingerprint density at radius 2 is 1.83 bits per heavy atom. The van der Waals surface area contributed by atoms with Crippen LogP contribution in [-0.2, 0) is 16.6 Å². The van der Waals surface area contributed by atoms with E-state index in [0.717, 1.165) is 21.2 Å². The number of sulfonamides is 1. The smallest absolute Gasteiger partial charge is 0.243 e. The SMILES string of the molecule is Cc1ccc(C)c(S(=O)(=O)N2CCN(Cc3nc(-c4cccc(Br)c4)no3)CC2)c1. The van der Waals surface area contributed by atoms with Gasteiger partial charge in [-0.2, -0.15) is 9.29 Å². The zero-order valence-electron chi connectivity index (χ0n) is 16.9. The fourth-order valence-electron chi connectivity index (χ4n) is 3.51. The number of benzene rings is 2. The lowest BCUT2D eigenvalue weighted by molar-refractivity contribution is 0.163. The molecule has 0 amide bonds. The molecule has 0 radical (unpaired) electrons. The van der Waals surface area contributed by atoms with Crippen molar-refractivity contribution in [3.63, 3.8) is 0 Å². The first-order valence-corrected chi connectivity index (χ1v) is 11.9. The first-order valence-electron chi connectivity index (χ1n) is 9.71. The molecule has 0 aliphatic carbocycles. The number of nitrogens with zero attached hydrogens (tertiary/aromatic N) is 4. The van der Waals surface area contributed by atoms with E-state index in [4.69, 9.17) is 4.52 Å². The molecule has 1 aromatic heterocycles. The summed E-state index contributed by atoms with van der Waals surface area (Å²) in [6, 6.07) is 13.3. The van der Waals surface area contributed by atoms with E-state index < -0.39 is 10.0 Å². The Labute approximate surface area is 184 Å². The summed E-state index contributed by atoms with van der Waals surface area (Å²) in [4.78, 5) is 7.01. The summed E-state index contributed by atoms with van der Waals surface area (Å²) in [5.41, 5.74) is 2.59. The van der Waals surface area contributed by atoms with E-state index in [1.165, 1.54) is 0 Å². The first-order chi connectivity index (χ1) is 14.3. The fraction of sp³-hybridized carbons (Fsp3) is 0.333. The highest BCUT2D eigenvalue weighted by Gasteiger charge is 2.30. The lowest BCUT2D eigenvalue weighted by atomic mass is 10.2. The quantitative estimate of drug-likeness (QED) is 0.543. The number of hydrogen-bond donors (Lipinski definition) is 0. The second-order valence-electron chi connectivity index (χ2n) is 7.47. The predicted molar refractivity (Wildman–Crippen MR) is 117 cm³/mol. The summed E-state index contributed by atoms with van der Waals surface area (Å²) in [5, 5.41) is 4.06. The third kappa shape index (κ3) is 4.49. The average Bonchev–Trinajstić information content (AvgIpc) is 3.19. The Morgan fingerprint density at radius 3 is 2.57 bits per heavy atom. The topological polar surface area (TPSA) is 79.5 Å². The van der Waals surface area contributed by atoms with E-state index in [1.54, 1.807) is 10.4 Å². The number of aryl methyl sites for hydroxylation is 2. The highest BCUT2D eigenvalue weighted by atomic mass is 79.9. The number of rotatable bonds is 5. The monoisotopic (exact) mass is 490 g/mol. The van der Waals surface area contributed by atoms with Crippen LogP contribution in [-0.4, -0.2) is 53.9 Å². The molecule has 1 aliphatic rings. The van der Waals surface area contributed by atoms with Crippen molar-refractivity contribution in [2.75, 3.05) is 26.2 Å². The van der Waals surface area contributed by atoms with Crippen molar-refractivity contribution in [2.24, 2.45) is 0 Å². The third-order valence-electron chi connectivity index (χ3n) is 5.20. The summed E-state index contributed by atoms with van der Waals surface area (Å²) >= 11 is 3.44. The normalized spacial score (nSPS) is 16.1. The van der Waals surface area contributed by atoms with E-state index >= 15 is 0 Å². The van der Waals surface area contributed by atoms with Gasteiger partial charge in [-0.05, 0) is 43.2 Å². The van der Waals surface area contributed by atoms with Crippen molar-refractivity contribution in [1.29, 1.82) is 0 Å². The van der Waals surface area contributed by atoms with Crippen molar-refractivity contribution in [3.05, 3.63) is 64.0 Å². The van der Waals surface area contributed by atoms with E-state index in [2.05, 4.69) is 31.0 Å². The van der Waals surface area contributed by atoms with Crippen LogP contribution in [0.2, 0.25) is 0 Å². The molecule has 0 unspecified atom stereocenters. The molecule has 1 saturated heterocycles. The molecule has 1 fully saturated rings. The fourth-order valence-corrected chi connectivity index (χ4v) is 5.64. The van der Waals surface area contributed by atoms with Gasteiger partial charge in [-0.3, -0.25) is 4.90 Å². The van der Waals surface area contributed by atoms with Crippen molar-refractivity contribution in [2.45, 2.75) is 25.3 Å². The van der Waals surface area contributed by atoms with Gasteiger partial charge in [0.1, 0.15) is 0 Å². The molecule has 3 aromatic rings. The minimum Gasteiger partial charge on any atom is -0.338 e. The second-order valence-corrected chi connectivity index (χ2v) is 10.3. The van der Waals surface area contributed by atoms with E-state index in [0.29, 0.717) is 49.3 Å². The lowest BCUT2D eigenvalue weighted by Gasteiger charge is -2.33. The maximum absolute atomic E-state index is 13.1. The Morgan fingerprint density at radius 1 is 1.07 bits per heavy atom. The molecule has 0 N–H and O–H groups in total. The molecule has 0 spiro atoms. The summed E-state index contributed by atoms with van der Waals surface area (Å²) in [5.74, 6) is 1.07. The molecular formula is C21H23BrN4O3S. The molecule has 0 bridgehead atoms. The van der Waals surface area contributed by atoms with Crippen LogP contribution in [0.4, 0.5) is 0 Å². The number of aromatic nitrogens is 2. The number of piperazine rings is 1. The zero-order chi connectivity index (χ0) is 21.3. The van der Waals surface area contributed by atoms with Gasteiger partial charge in [0.05, 0.1) is 11.4 Å². The van der Waals surface area contributed by atoms with Crippen molar-refractivity contribution >= 4 is 26.0 Å². The molecule has 0 atom stereocenters. The van der Waals surface area contributed by atoms with Crippen LogP contribution in [0, 0.1) is 13.8 Å². The Kier molecular flexibility index (Phi) is 6.06. The third-order valence-corrected chi connectivity index (χ3v) is 7.74. The van der Waals surface area contributed by atoms with E-state index in [-0.39, 0.29) is 0 Å². The van der Waals surface area contributed by atoms with Gasteiger partial charge < -0.3 is 4.52 Å². The summed E-state index contributed by atoms with van der Waals surface area (Å²) in [7, 11) is -3.50.